The largest absolute Gasteiger partial charge is 0.335 e. The summed E-state index contributed by atoms with van der Waals surface area (Å²) in [6, 6.07) is 13.1. The highest BCUT2D eigenvalue weighted by molar-refractivity contribution is 6.00. The SMILES string of the molecule is O=C(c1ccc(-n2cnnc2)cc1)N1CCCC12CCCN(Cc1ccccn1)C2=O. The van der Waals surface area contributed by atoms with Gasteiger partial charge in [-0.25, -0.2) is 0 Å². The number of carbonyl (C=O) groups excluding carboxylic acids is 2. The van der Waals surface area contributed by atoms with Gasteiger partial charge in [-0.15, -0.1) is 10.2 Å². The van der Waals surface area contributed by atoms with Crippen molar-refractivity contribution in [2.75, 3.05) is 13.1 Å². The van der Waals surface area contributed by atoms with Crippen LogP contribution in [0.3, 0.4) is 0 Å². The molecule has 5 rings (SSSR count). The molecule has 8 heteroatoms. The van der Waals surface area contributed by atoms with Gasteiger partial charge in [-0.3, -0.25) is 19.1 Å². The smallest absolute Gasteiger partial charge is 0.254 e. The average Bonchev–Trinajstić information content (AvgIpc) is 3.49. The minimum atomic E-state index is -0.739. The van der Waals surface area contributed by atoms with Gasteiger partial charge in [-0.2, -0.15) is 0 Å². The lowest BCUT2D eigenvalue weighted by Gasteiger charge is -2.44. The summed E-state index contributed by atoms with van der Waals surface area (Å²) in [6.45, 7) is 1.79. The molecule has 31 heavy (non-hydrogen) atoms. The molecule has 4 heterocycles. The first-order chi connectivity index (χ1) is 15.2. The van der Waals surface area contributed by atoms with Gasteiger partial charge in [-0.1, -0.05) is 6.07 Å². The molecule has 0 radical (unpaired) electrons. The lowest BCUT2D eigenvalue weighted by atomic mass is 9.85. The molecule has 1 atom stereocenters. The zero-order chi connectivity index (χ0) is 21.3. The molecule has 2 amide bonds. The summed E-state index contributed by atoms with van der Waals surface area (Å²) in [5.74, 6) is -0.0304. The van der Waals surface area contributed by atoms with Crippen molar-refractivity contribution in [3.8, 4) is 5.69 Å². The van der Waals surface area contributed by atoms with Crippen LogP contribution in [-0.4, -0.2) is 60.0 Å². The van der Waals surface area contributed by atoms with E-state index in [9.17, 15) is 9.59 Å². The number of aromatic nitrogens is 4. The quantitative estimate of drug-likeness (QED) is 0.652. The number of amides is 2. The van der Waals surface area contributed by atoms with Gasteiger partial charge < -0.3 is 9.80 Å². The van der Waals surface area contributed by atoms with Crippen LogP contribution in [-0.2, 0) is 11.3 Å². The molecule has 0 aliphatic carbocycles. The Hall–Kier alpha value is -3.55. The van der Waals surface area contributed by atoms with Crippen LogP contribution in [0.2, 0.25) is 0 Å². The van der Waals surface area contributed by atoms with Crippen LogP contribution in [0.1, 0.15) is 41.7 Å². The molecule has 2 fully saturated rings. The normalized spacial score (nSPS) is 21.1. The molecule has 0 bridgehead atoms. The number of rotatable bonds is 4. The van der Waals surface area contributed by atoms with Crippen LogP contribution in [0.15, 0.2) is 61.3 Å². The lowest BCUT2D eigenvalue weighted by Crippen LogP contribution is -2.61. The number of pyridine rings is 1. The maximum absolute atomic E-state index is 13.6. The van der Waals surface area contributed by atoms with E-state index in [-0.39, 0.29) is 11.8 Å². The van der Waals surface area contributed by atoms with Gasteiger partial charge in [0.1, 0.15) is 18.2 Å². The second-order valence-corrected chi connectivity index (χ2v) is 8.16. The summed E-state index contributed by atoms with van der Waals surface area (Å²) in [5, 5.41) is 7.63. The Morgan fingerprint density at radius 2 is 1.71 bits per heavy atom. The number of likely N-dealkylation sites (tertiary alicyclic amines) is 2. The highest BCUT2D eigenvalue weighted by Gasteiger charge is 2.52. The van der Waals surface area contributed by atoms with E-state index in [0.717, 1.165) is 37.1 Å². The molecule has 2 aromatic heterocycles. The maximum atomic E-state index is 13.6. The molecule has 0 saturated carbocycles. The zero-order valence-electron chi connectivity index (χ0n) is 17.2. The number of nitrogens with zero attached hydrogens (tertiary/aromatic N) is 6. The number of hydrogen-bond acceptors (Lipinski definition) is 5. The fourth-order valence-corrected chi connectivity index (χ4v) is 4.83. The van der Waals surface area contributed by atoms with Gasteiger partial charge in [0.15, 0.2) is 0 Å². The predicted molar refractivity (Wildman–Crippen MR) is 113 cm³/mol. The maximum Gasteiger partial charge on any atom is 0.254 e. The van der Waals surface area contributed by atoms with Crippen molar-refractivity contribution in [2.45, 2.75) is 37.8 Å². The summed E-state index contributed by atoms with van der Waals surface area (Å²) in [6.07, 6.45) is 8.13. The third kappa shape index (κ3) is 3.48. The van der Waals surface area contributed by atoms with Crippen molar-refractivity contribution in [2.24, 2.45) is 0 Å². The van der Waals surface area contributed by atoms with E-state index in [4.69, 9.17) is 0 Å². The number of carbonyl (C=O) groups is 2. The Labute approximate surface area is 180 Å². The van der Waals surface area contributed by atoms with Crippen LogP contribution in [0.5, 0.6) is 0 Å². The molecule has 3 aromatic rings. The average molecular weight is 416 g/mol. The molecular weight excluding hydrogens is 392 g/mol. The Balaban J connectivity index is 1.37. The van der Waals surface area contributed by atoms with Gasteiger partial charge in [0, 0.05) is 30.5 Å². The van der Waals surface area contributed by atoms with Crippen molar-refractivity contribution in [3.05, 3.63) is 72.6 Å². The van der Waals surface area contributed by atoms with Crippen molar-refractivity contribution in [3.63, 3.8) is 0 Å². The molecule has 158 valence electrons. The third-order valence-corrected chi connectivity index (χ3v) is 6.35. The zero-order valence-corrected chi connectivity index (χ0v) is 17.2. The summed E-state index contributed by atoms with van der Waals surface area (Å²) in [4.78, 5) is 35.1. The lowest BCUT2D eigenvalue weighted by molar-refractivity contribution is -0.146. The fourth-order valence-electron chi connectivity index (χ4n) is 4.83. The Morgan fingerprint density at radius 3 is 2.42 bits per heavy atom. The molecular formula is C23H24N6O2. The summed E-state index contributed by atoms with van der Waals surface area (Å²) >= 11 is 0. The van der Waals surface area contributed by atoms with Crippen LogP contribution in [0.4, 0.5) is 0 Å². The highest BCUT2D eigenvalue weighted by Crippen LogP contribution is 2.39. The van der Waals surface area contributed by atoms with E-state index in [1.807, 2.05) is 52.3 Å². The number of piperidine rings is 1. The summed E-state index contributed by atoms with van der Waals surface area (Å²) in [5.41, 5.74) is 1.60. The van der Waals surface area contributed by atoms with Crippen molar-refractivity contribution >= 4 is 11.8 Å². The molecule has 2 saturated heterocycles. The summed E-state index contributed by atoms with van der Waals surface area (Å²) in [7, 11) is 0. The molecule has 2 aliphatic rings. The molecule has 2 aliphatic heterocycles. The standard InChI is InChI=1S/C23H24N6O2/c30-21(18-6-8-20(9-7-18)28-16-25-26-17-28)29-14-4-11-23(29)10-3-13-27(22(23)31)15-19-5-1-2-12-24-19/h1-2,5-9,12,16-17H,3-4,10-11,13-15H2. The van der Waals surface area contributed by atoms with E-state index in [2.05, 4.69) is 15.2 Å². The Bertz CT molecular complexity index is 1070. The number of benzene rings is 1. The number of hydrogen-bond donors (Lipinski definition) is 0. The molecule has 1 unspecified atom stereocenters. The van der Waals surface area contributed by atoms with Crippen molar-refractivity contribution < 1.29 is 9.59 Å². The van der Waals surface area contributed by atoms with Crippen molar-refractivity contribution in [1.82, 2.24) is 29.5 Å². The van der Waals surface area contributed by atoms with Gasteiger partial charge in [0.25, 0.3) is 5.91 Å². The second-order valence-electron chi connectivity index (χ2n) is 8.16. The van der Waals surface area contributed by atoms with E-state index < -0.39 is 5.54 Å². The first kappa shape index (κ1) is 19.4. The minimum absolute atomic E-state index is 0.0522. The van der Waals surface area contributed by atoms with Crippen molar-refractivity contribution in [1.29, 1.82) is 0 Å². The van der Waals surface area contributed by atoms with Crippen LogP contribution in [0.25, 0.3) is 5.69 Å². The fraction of sp³-hybridized carbons (Fsp3) is 0.348. The monoisotopic (exact) mass is 416 g/mol. The molecule has 1 spiro atoms. The minimum Gasteiger partial charge on any atom is -0.335 e. The van der Waals surface area contributed by atoms with Gasteiger partial charge in [0.2, 0.25) is 5.91 Å². The topological polar surface area (TPSA) is 84.2 Å². The Kier molecular flexibility index (Phi) is 4.97. The third-order valence-electron chi connectivity index (χ3n) is 6.35. The van der Waals surface area contributed by atoms with E-state index in [1.165, 1.54) is 0 Å². The van der Waals surface area contributed by atoms with Gasteiger partial charge >= 0.3 is 0 Å². The van der Waals surface area contributed by atoms with E-state index in [1.54, 1.807) is 23.4 Å². The van der Waals surface area contributed by atoms with E-state index >= 15 is 0 Å². The van der Waals surface area contributed by atoms with Gasteiger partial charge in [0.05, 0.1) is 12.2 Å². The first-order valence-electron chi connectivity index (χ1n) is 10.6. The first-order valence-corrected chi connectivity index (χ1v) is 10.6. The molecule has 1 aromatic carbocycles. The highest BCUT2D eigenvalue weighted by atomic mass is 16.2. The van der Waals surface area contributed by atoms with Gasteiger partial charge in [-0.05, 0) is 62.1 Å². The van der Waals surface area contributed by atoms with Crippen LogP contribution >= 0.6 is 0 Å². The predicted octanol–water partition coefficient (Wildman–Crippen LogP) is 2.46. The molecule has 8 nitrogen and oxygen atoms in total. The van der Waals surface area contributed by atoms with Crippen LogP contribution in [0, 0.1) is 0 Å². The van der Waals surface area contributed by atoms with E-state index in [0.29, 0.717) is 25.2 Å². The second kappa shape index (κ2) is 7.94. The summed E-state index contributed by atoms with van der Waals surface area (Å²) < 4.78 is 1.78. The molecule has 0 N–H and O–H groups in total. The van der Waals surface area contributed by atoms with Crippen LogP contribution < -0.4 is 0 Å². The Morgan fingerprint density at radius 1 is 0.968 bits per heavy atom.